The molecule has 272 valence electrons. The minimum atomic E-state index is -2.42. The number of nitrogens with zero attached hydrogens (tertiary/aromatic N) is 7. The Bertz CT molecular complexity index is 2070. The third-order valence-electron chi connectivity index (χ3n) is 10.3. The summed E-state index contributed by atoms with van der Waals surface area (Å²) in [6.07, 6.45) is 1.83. The fourth-order valence-corrected chi connectivity index (χ4v) is 8.02. The maximum Gasteiger partial charge on any atom is 0.405 e. The molecule has 4 aromatic rings. The lowest BCUT2D eigenvalue weighted by Crippen LogP contribution is -2.64. The van der Waals surface area contributed by atoms with Gasteiger partial charge in [-0.2, -0.15) is 20.0 Å². The summed E-state index contributed by atoms with van der Waals surface area (Å²) in [6, 6.07) is 15.6. The van der Waals surface area contributed by atoms with Gasteiger partial charge in [0.1, 0.15) is 11.8 Å². The van der Waals surface area contributed by atoms with E-state index in [1.807, 2.05) is 24.3 Å². The Morgan fingerprint density at radius 1 is 1.21 bits per heavy atom. The molecule has 0 spiro atoms. The number of aromatic nitrogens is 4. The molecule has 1 amide bonds. The number of fused-ring (bicyclic) bond motifs is 1. The van der Waals surface area contributed by atoms with Crippen LogP contribution in [0.4, 0.5) is 22.2 Å². The quantitative estimate of drug-likeness (QED) is 0.126. The molecular formula is C36H43ClN10O4Si. The van der Waals surface area contributed by atoms with Gasteiger partial charge in [-0.1, -0.05) is 44.5 Å². The number of ether oxygens (including phenoxy) is 1. The molecule has 0 unspecified atom stereocenters. The lowest BCUT2D eigenvalue weighted by Gasteiger charge is -2.49. The first-order valence-electron chi connectivity index (χ1n) is 17.2. The van der Waals surface area contributed by atoms with Gasteiger partial charge in [0.2, 0.25) is 5.95 Å². The summed E-state index contributed by atoms with van der Waals surface area (Å²) >= 11 is 7.25. The van der Waals surface area contributed by atoms with E-state index in [0.717, 1.165) is 24.2 Å². The zero-order valence-electron chi connectivity index (χ0n) is 30.1. The molecule has 14 nitrogen and oxygen atoms in total. The topological polar surface area (TPSA) is 186 Å². The second-order valence-electron chi connectivity index (χ2n) is 14.8. The highest BCUT2D eigenvalue weighted by molar-refractivity contribution is 6.74. The Hall–Kier alpha value is -4.93. The average Bonchev–Trinajstić information content (AvgIpc) is 3.86. The first-order valence-corrected chi connectivity index (χ1v) is 20.4. The molecule has 3 heterocycles. The molecule has 0 bridgehead atoms. The van der Waals surface area contributed by atoms with E-state index in [9.17, 15) is 20.4 Å². The van der Waals surface area contributed by atoms with Crippen LogP contribution in [0.1, 0.15) is 62.4 Å². The van der Waals surface area contributed by atoms with Crippen molar-refractivity contribution in [1.29, 1.82) is 10.5 Å². The molecule has 6 rings (SSSR count). The van der Waals surface area contributed by atoms with E-state index in [4.69, 9.17) is 25.7 Å². The van der Waals surface area contributed by atoms with Crippen LogP contribution in [0, 0.1) is 22.7 Å². The van der Waals surface area contributed by atoms with Gasteiger partial charge >= 0.3 is 6.09 Å². The van der Waals surface area contributed by atoms with Crippen LogP contribution in [0.3, 0.4) is 0 Å². The lowest BCUT2D eigenvalue weighted by atomic mass is 9.78. The van der Waals surface area contributed by atoms with Gasteiger partial charge in [-0.3, -0.25) is 0 Å². The number of carboxylic acid groups (broad SMARTS) is 1. The summed E-state index contributed by atoms with van der Waals surface area (Å²) in [5, 5.41) is 44.4. The number of rotatable bonds is 11. The molecule has 2 fully saturated rings. The van der Waals surface area contributed by atoms with Crippen LogP contribution in [0.25, 0.3) is 5.65 Å². The van der Waals surface area contributed by atoms with E-state index < -0.39 is 26.1 Å². The number of hydrogen-bond acceptors (Lipinski definition) is 11. The minimum Gasteiger partial charge on any atom is -0.497 e. The molecular weight excluding hydrogens is 700 g/mol. The Morgan fingerprint density at radius 2 is 1.94 bits per heavy atom. The van der Waals surface area contributed by atoms with Gasteiger partial charge in [0, 0.05) is 24.7 Å². The number of nitrogens with one attached hydrogen (secondary N) is 3. The zero-order chi connectivity index (χ0) is 37.4. The van der Waals surface area contributed by atoms with Crippen LogP contribution >= 0.6 is 11.6 Å². The summed E-state index contributed by atoms with van der Waals surface area (Å²) in [5.41, 5.74) is 1.33. The highest BCUT2D eigenvalue weighted by Gasteiger charge is 2.50. The van der Waals surface area contributed by atoms with Crippen molar-refractivity contribution in [3.8, 4) is 17.9 Å². The summed E-state index contributed by atoms with van der Waals surface area (Å²) in [4.78, 5) is 24.1. The maximum atomic E-state index is 12.5. The number of anilines is 3. The van der Waals surface area contributed by atoms with Gasteiger partial charge in [-0.15, -0.1) is 5.10 Å². The molecule has 2 aromatic carbocycles. The van der Waals surface area contributed by atoms with Crippen molar-refractivity contribution in [1.82, 2.24) is 30.2 Å². The second-order valence-corrected chi connectivity index (χ2v) is 19.9. The van der Waals surface area contributed by atoms with Gasteiger partial charge in [0.05, 0.1) is 47.3 Å². The van der Waals surface area contributed by atoms with Crippen LogP contribution in [0.2, 0.25) is 23.2 Å². The third kappa shape index (κ3) is 7.22. The fraction of sp³-hybridized carbons (Fsp3) is 0.444. The largest absolute Gasteiger partial charge is 0.497 e. The summed E-state index contributed by atoms with van der Waals surface area (Å²) < 4.78 is 13.7. The first-order chi connectivity index (χ1) is 24.7. The van der Waals surface area contributed by atoms with E-state index in [0.29, 0.717) is 48.8 Å². The van der Waals surface area contributed by atoms with Crippen molar-refractivity contribution in [2.24, 2.45) is 0 Å². The Morgan fingerprint density at radius 3 is 2.56 bits per heavy atom. The first kappa shape index (κ1) is 36.8. The summed E-state index contributed by atoms with van der Waals surface area (Å²) in [6.45, 7) is 12.0. The number of hydrogen-bond donors (Lipinski definition) is 4. The SMILES string of the molecule is COc1ccc(CN(c2nc(Nc3cc(C#N)cc([C@@]4(NC(=O)O)CCNC[C@@H]4O[Si](C)(C)C(C)(C)C)c3Cl)nn3c(C#N)cnc23)C2CC2)cc1. The summed E-state index contributed by atoms with van der Waals surface area (Å²) in [5.74, 6) is 1.39. The van der Waals surface area contributed by atoms with Crippen molar-refractivity contribution in [2.45, 2.75) is 82.4 Å². The molecule has 0 radical (unpaired) electrons. The monoisotopic (exact) mass is 742 g/mol. The van der Waals surface area contributed by atoms with E-state index in [-0.39, 0.29) is 33.3 Å². The minimum absolute atomic E-state index is 0.111. The fourth-order valence-electron chi connectivity index (χ4n) is 6.34. The number of imidazole rings is 1. The van der Waals surface area contributed by atoms with Crippen LogP contribution in [0.15, 0.2) is 42.6 Å². The highest BCUT2D eigenvalue weighted by atomic mass is 35.5. The molecule has 1 aliphatic heterocycles. The number of piperidine rings is 1. The van der Waals surface area contributed by atoms with Gasteiger partial charge in [-0.05, 0) is 73.8 Å². The number of methoxy groups -OCH3 is 1. The number of carbonyl (C=O) groups is 1. The van der Waals surface area contributed by atoms with Gasteiger partial charge < -0.3 is 35.1 Å². The number of nitriles is 2. The van der Waals surface area contributed by atoms with Crippen LogP contribution < -0.4 is 25.6 Å². The van der Waals surface area contributed by atoms with Crippen molar-refractivity contribution >= 4 is 49.1 Å². The van der Waals surface area contributed by atoms with Gasteiger partial charge in [0.25, 0.3) is 0 Å². The normalized spacial score (nSPS) is 19.1. The van der Waals surface area contributed by atoms with Crippen molar-refractivity contribution in [3.63, 3.8) is 0 Å². The lowest BCUT2D eigenvalue weighted by molar-refractivity contribution is 0.0411. The third-order valence-corrected chi connectivity index (χ3v) is 15.2. The molecule has 2 aliphatic rings. The molecule has 4 N–H and O–H groups in total. The Labute approximate surface area is 308 Å². The Balaban J connectivity index is 1.46. The molecule has 1 saturated heterocycles. The highest BCUT2D eigenvalue weighted by Crippen LogP contribution is 2.45. The number of benzene rings is 2. The summed E-state index contributed by atoms with van der Waals surface area (Å²) in [7, 11) is -0.799. The van der Waals surface area contributed by atoms with Crippen molar-refractivity contribution in [3.05, 3.63) is 70.0 Å². The molecule has 16 heteroatoms. The van der Waals surface area contributed by atoms with E-state index in [2.05, 4.69) is 76.9 Å². The van der Waals surface area contributed by atoms with Crippen LogP contribution in [-0.2, 0) is 16.5 Å². The smallest absolute Gasteiger partial charge is 0.405 e. The molecule has 2 atom stereocenters. The standard InChI is InChI=1S/C36H43ClN10O4Si/c1-35(2,3)52(5,6)51-29-20-40-14-13-36(29,44-34(48)49)27-15-23(17-38)16-28(30(27)37)42-33-43-32(31-41-19-25(18-39)47(31)45-33)46(24-9-10-24)21-22-7-11-26(50-4)12-8-22/h7-8,11-12,15-16,19,24,29,40,44H,9-10,13-14,20-21H2,1-6H3,(H,42,45)(H,48,49)/t29-,36-/m0/s1. The average molecular weight is 743 g/mol. The molecule has 1 saturated carbocycles. The predicted molar refractivity (Wildman–Crippen MR) is 200 cm³/mol. The Kier molecular flexibility index (Phi) is 10.1. The maximum absolute atomic E-state index is 12.5. The van der Waals surface area contributed by atoms with E-state index >= 15 is 0 Å². The molecule has 2 aromatic heterocycles. The van der Waals surface area contributed by atoms with E-state index in [1.54, 1.807) is 19.2 Å². The van der Waals surface area contributed by atoms with Crippen molar-refractivity contribution < 1.29 is 19.1 Å². The van der Waals surface area contributed by atoms with Gasteiger partial charge in [-0.25, -0.2) is 9.78 Å². The van der Waals surface area contributed by atoms with Crippen molar-refractivity contribution in [2.75, 3.05) is 30.4 Å². The van der Waals surface area contributed by atoms with Gasteiger partial charge in [0.15, 0.2) is 25.5 Å². The van der Waals surface area contributed by atoms with Crippen LogP contribution in [0.5, 0.6) is 5.75 Å². The predicted octanol–water partition coefficient (Wildman–Crippen LogP) is 6.29. The number of halogens is 1. The molecule has 52 heavy (non-hydrogen) atoms. The second kappa shape index (κ2) is 14.2. The molecule has 1 aliphatic carbocycles. The number of amides is 1. The van der Waals surface area contributed by atoms with E-state index in [1.165, 1.54) is 10.7 Å². The zero-order valence-corrected chi connectivity index (χ0v) is 31.9. The van der Waals surface area contributed by atoms with Crippen LogP contribution in [-0.4, -0.2) is 71.4 Å².